The number of allylic oxidation sites excluding steroid dienone is 2. The number of carboxylic acids is 1. The zero-order valence-corrected chi connectivity index (χ0v) is 12.9. The number of hydrogen-bond donors (Lipinski definition) is 1. The molecule has 0 atom stereocenters. The van der Waals surface area contributed by atoms with E-state index in [2.05, 4.69) is 15.1 Å². The molecule has 0 unspecified atom stereocenters. The van der Waals surface area contributed by atoms with Gasteiger partial charge in [0, 0.05) is 32.4 Å². The molecule has 0 spiro atoms. The van der Waals surface area contributed by atoms with E-state index < -0.39 is 11.4 Å². The van der Waals surface area contributed by atoms with Gasteiger partial charge in [0.2, 0.25) is 5.91 Å². The molecule has 3 rings (SSSR count). The molecule has 1 aliphatic carbocycles. The highest BCUT2D eigenvalue weighted by Crippen LogP contribution is 2.36. The molecule has 7 nitrogen and oxygen atoms in total. The fourth-order valence-corrected chi connectivity index (χ4v) is 3.21. The summed E-state index contributed by atoms with van der Waals surface area (Å²) >= 11 is 0. The first-order valence-electron chi connectivity index (χ1n) is 7.84. The fourth-order valence-electron chi connectivity index (χ4n) is 3.21. The molecule has 7 heteroatoms. The van der Waals surface area contributed by atoms with Crippen LogP contribution in [-0.2, 0) is 9.59 Å². The maximum absolute atomic E-state index is 12.8. The maximum Gasteiger partial charge on any atom is 0.319 e. The van der Waals surface area contributed by atoms with Crippen LogP contribution in [0.1, 0.15) is 19.3 Å². The second-order valence-electron chi connectivity index (χ2n) is 5.98. The Bertz CT molecular complexity index is 609. The molecule has 1 fully saturated rings. The molecule has 23 heavy (non-hydrogen) atoms. The molecule has 1 amide bonds. The summed E-state index contributed by atoms with van der Waals surface area (Å²) in [7, 11) is 0. The van der Waals surface area contributed by atoms with E-state index in [9.17, 15) is 14.7 Å². The van der Waals surface area contributed by atoms with Crippen LogP contribution in [0, 0.1) is 5.41 Å². The highest BCUT2D eigenvalue weighted by molar-refractivity contribution is 6.02. The van der Waals surface area contributed by atoms with Crippen molar-refractivity contribution < 1.29 is 14.7 Å². The van der Waals surface area contributed by atoms with Crippen molar-refractivity contribution in [1.82, 2.24) is 15.1 Å². The average Bonchev–Trinajstić information content (AvgIpc) is 2.95. The Balaban J connectivity index is 1.70. The van der Waals surface area contributed by atoms with Crippen LogP contribution in [0.5, 0.6) is 0 Å². The monoisotopic (exact) mass is 316 g/mol. The summed E-state index contributed by atoms with van der Waals surface area (Å²) in [5.74, 6) is -0.504. The Morgan fingerprint density at radius 3 is 2.57 bits per heavy atom. The first kappa shape index (κ1) is 15.5. The van der Waals surface area contributed by atoms with Gasteiger partial charge in [0.15, 0.2) is 11.2 Å². The number of nitrogens with zero attached hydrogens (tertiary/aromatic N) is 4. The van der Waals surface area contributed by atoms with Gasteiger partial charge in [-0.05, 0) is 31.4 Å². The lowest BCUT2D eigenvalue weighted by Gasteiger charge is -2.30. The molecular weight excluding hydrogens is 296 g/mol. The summed E-state index contributed by atoms with van der Waals surface area (Å²) in [4.78, 5) is 28.3. The van der Waals surface area contributed by atoms with Crippen molar-refractivity contribution in [3.05, 3.63) is 30.5 Å². The van der Waals surface area contributed by atoms with Gasteiger partial charge in [0.1, 0.15) is 0 Å². The number of rotatable bonds is 3. The molecular formula is C16H20N4O3. The van der Waals surface area contributed by atoms with Crippen molar-refractivity contribution in [2.75, 3.05) is 31.1 Å². The maximum atomic E-state index is 12.8. The van der Waals surface area contributed by atoms with Crippen LogP contribution in [0.3, 0.4) is 0 Å². The summed E-state index contributed by atoms with van der Waals surface area (Å²) in [6, 6.07) is 3.73. The van der Waals surface area contributed by atoms with Crippen LogP contribution in [0.25, 0.3) is 0 Å². The summed E-state index contributed by atoms with van der Waals surface area (Å²) in [6.45, 7) is 2.49. The molecule has 1 N–H and O–H groups in total. The molecule has 0 saturated carbocycles. The largest absolute Gasteiger partial charge is 0.480 e. The lowest BCUT2D eigenvalue weighted by molar-refractivity contribution is -0.159. The Morgan fingerprint density at radius 1 is 1.13 bits per heavy atom. The van der Waals surface area contributed by atoms with Gasteiger partial charge < -0.3 is 14.9 Å². The van der Waals surface area contributed by atoms with E-state index in [0.29, 0.717) is 19.6 Å². The van der Waals surface area contributed by atoms with Gasteiger partial charge in [0.25, 0.3) is 0 Å². The lowest BCUT2D eigenvalue weighted by Crippen LogP contribution is -2.48. The quantitative estimate of drug-likeness (QED) is 0.659. The number of carbonyl (C=O) groups excluding carboxylic acids is 1. The summed E-state index contributed by atoms with van der Waals surface area (Å²) in [5.41, 5.74) is -1.30. The number of anilines is 1. The van der Waals surface area contributed by atoms with Crippen LogP contribution < -0.4 is 4.90 Å². The van der Waals surface area contributed by atoms with Crippen molar-refractivity contribution >= 4 is 17.7 Å². The highest BCUT2D eigenvalue weighted by atomic mass is 16.4. The van der Waals surface area contributed by atoms with E-state index in [4.69, 9.17) is 0 Å². The van der Waals surface area contributed by atoms with Crippen molar-refractivity contribution in [1.29, 1.82) is 0 Å². The van der Waals surface area contributed by atoms with E-state index in [1.807, 2.05) is 12.1 Å². The Labute approximate surface area is 134 Å². The minimum Gasteiger partial charge on any atom is -0.480 e. The zero-order valence-electron chi connectivity index (χ0n) is 12.9. The Morgan fingerprint density at radius 2 is 1.91 bits per heavy atom. The standard InChI is InChI=1S/C16H20N4O3/c21-14(16(15(22)23)6-1-2-7-16)20-10-4-9-19(11-12-20)13-5-3-8-17-18-13/h1-3,5,8H,4,6-7,9-12H2,(H,22,23). The van der Waals surface area contributed by atoms with Gasteiger partial charge in [-0.2, -0.15) is 5.10 Å². The molecule has 1 saturated heterocycles. The molecule has 2 heterocycles. The topological polar surface area (TPSA) is 86.6 Å². The molecule has 1 aliphatic heterocycles. The van der Waals surface area contributed by atoms with Crippen molar-refractivity contribution in [2.45, 2.75) is 19.3 Å². The lowest BCUT2D eigenvalue weighted by atomic mass is 9.83. The van der Waals surface area contributed by atoms with E-state index in [1.165, 1.54) is 0 Å². The Kier molecular flexibility index (Phi) is 4.27. The van der Waals surface area contributed by atoms with Gasteiger partial charge in [-0.15, -0.1) is 5.10 Å². The van der Waals surface area contributed by atoms with Crippen LogP contribution in [-0.4, -0.2) is 58.3 Å². The fraction of sp³-hybridized carbons (Fsp3) is 0.500. The van der Waals surface area contributed by atoms with E-state index in [-0.39, 0.29) is 18.7 Å². The number of carbonyl (C=O) groups is 2. The van der Waals surface area contributed by atoms with Crippen LogP contribution in [0.2, 0.25) is 0 Å². The molecule has 1 aromatic rings. The second kappa shape index (κ2) is 6.36. The van der Waals surface area contributed by atoms with Gasteiger partial charge >= 0.3 is 5.97 Å². The van der Waals surface area contributed by atoms with E-state index in [0.717, 1.165) is 18.8 Å². The number of aliphatic carboxylic acids is 1. The van der Waals surface area contributed by atoms with E-state index >= 15 is 0 Å². The third kappa shape index (κ3) is 2.91. The van der Waals surface area contributed by atoms with Gasteiger partial charge in [-0.25, -0.2) is 0 Å². The summed E-state index contributed by atoms with van der Waals surface area (Å²) < 4.78 is 0. The minimum atomic E-state index is -1.30. The SMILES string of the molecule is O=C(O)C1(C(=O)N2CCCN(c3cccnn3)CC2)CC=CC1. The molecule has 0 radical (unpaired) electrons. The van der Waals surface area contributed by atoms with Crippen LogP contribution in [0.15, 0.2) is 30.5 Å². The molecule has 2 aliphatic rings. The second-order valence-corrected chi connectivity index (χ2v) is 5.98. The predicted octanol–water partition coefficient (Wildman–Crippen LogP) is 0.936. The average molecular weight is 316 g/mol. The summed E-state index contributed by atoms with van der Waals surface area (Å²) in [6.07, 6.45) is 6.55. The molecule has 1 aromatic heterocycles. The first-order valence-corrected chi connectivity index (χ1v) is 7.84. The number of aromatic nitrogens is 2. The molecule has 0 aromatic carbocycles. The van der Waals surface area contributed by atoms with Crippen molar-refractivity contribution in [2.24, 2.45) is 5.41 Å². The van der Waals surface area contributed by atoms with Crippen LogP contribution >= 0.6 is 0 Å². The van der Waals surface area contributed by atoms with Gasteiger partial charge in [-0.3, -0.25) is 9.59 Å². The molecule has 0 bridgehead atoms. The van der Waals surface area contributed by atoms with Gasteiger partial charge in [0.05, 0.1) is 0 Å². The third-order valence-electron chi connectivity index (χ3n) is 4.58. The number of hydrogen-bond acceptors (Lipinski definition) is 5. The number of carboxylic acid groups (broad SMARTS) is 1. The normalized spacial score (nSPS) is 20.3. The minimum absolute atomic E-state index is 0.268. The van der Waals surface area contributed by atoms with Gasteiger partial charge in [-0.1, -0.05) is 12.2 Å². The van der Waals surface area contributed by atoms with E-state index in [1.54, 1.807) is 23.2 Å². The highest BCUT2D eigenvalue weighted by Gasteiger charge is 2.48. The third-order valence-corrected chi connectivity index (χ3v) is 4.58. The summed E-state index contributed by atoms with van der Waals surface area (Å²) in [5, 5.41) is 17.5. The Hall–Kier alpha value is -2.44. The zero-order chi connectivity index (χ0) is 16.3. The van der Waals surface area contributed by atoms with Crippen molar-refractivity contribution in [3.8, 4) is 0 Å². The number of amides is 1. The molecule has 122 valence electrons. The predicted molar refractivity (Wildman–Crippen MR) is 83.9 cm³/mol. The van der Waals surface area contributed by atoms with Crippen molar-refractivity contribution in [3.63, 3.8) is 0 Å². The first-order chi connectivity index (χ1) is 11.1. The van der Waals surface area contributed by atoms with Crippen LogP contribution in [0.4, 0.5) is 5.82 Å². The smallest absolute Gasteiger partial charge is 0.319 e.